The molecule has 0 heterocycles. The Hall–Kier alpha value is -2.57. The Labute approximate surface area is 179 Å². The third-order valence-corrected chi connectivity index (χ3v) is 4.97. The average molecular weight is 416 g/mol. The standard InChI is InChI=1S/C24H33NO5/c1-17(25)24(26)29-18(2)23(30-22-8-6-5-7-9-22)20(14-15-27-3)16-19-10-12-21(28-4)13-11-19/h5-13,17-18,20,23H,14-16,25H2,1-4H3/t17-,18-,20+,23-/m0/s1. The summed E-state index contributed by atoms with van der Waals surface area (Å²) >= 11 is 0. The van der Waals surface area contributed by atoms with Crippen LogP contribution in [0.1, 0.15) is 25.8 Å². The van der Waals surface area contributed by atoms with Crippen LogP contribution < -0.4 is 15.2 Å². The predicted molar refractivity (Wildman–Crippen MR) is 117 cm³/mol. The number of para-hydroxylation sites is 1. The number of carbonyl (C=O) groups is 1. The first-order valence-corrected chi connectivity index (χ1v) is 10.2. The number of carbonyl (C=O) groups excluding carboxylic acids is 1. The minimum Gasteiger partial charge on any atom is -0.497 e. The Morgan fingerprint density at radius 1 is 0.967 bits per heavy atom. The van der Waals surface area contributed by atoms with E-state index in [-0.39, 0.29) is 12.0 Å². The number of rotatable bonds is 12. The Kier molecular flexibility index (Phi) is 9.64. The maximum absolute atomic E-state index is 12.1. The molecule has 0 fully saturated rings. The third-order valence-electron chi connectivity index (χ3n) is 4.97. The van der Waals surface area contributed by atoms with Gasteiger partial charge in [-0.25, -0.2) is 0 Å². The lowest BCUT2D eigenvalue weighted by atomic mass is 9.88. The van der Waals surface area contributed by atoms with E-state index in [2.05, 4.69) is 0 Å². The highest BCUT2D eigenvalue weighted by Crippen LogP contribution is 2.26. The Balaban J connectivity index is 2.27. The summed E-state index contributed by atoms with van der Waals surface area (Å²) in [6.07, 6.45) is 0.640. The molecule has 0 saturated heterocycles. The molecule has 0 amide bonds. The van der Waals surface area contributed by atoms with Gasteiger partial charge in [0.2, 0.25) is 0 Å². The lowest BCUT2D eigenvalue weighted by Gasteiger charge is -2.32. The molecule has 0 spiro atoms. The Morgan fingerprint density at radius 2 is 1.63 bits per heavy atom. The van der Waals surface area contributed by atoms with E-state index in [0.29, 0.717) is 6.61 Å². The number of hydrogen-bond acceptors (Lipinski definition) is 6. The number of hydrogen-bond donors (Lipinski definition) is 1. The molecule has 2 aromatic carbocycles. The van der Waals surface area contributed by atoms with E-state index in [1.54, 1.807) is 21.1 Å². The molecule has 0 unspecified atom stereocenters. The van der Waals surface area contributed by atoms with Crippen LogP contribution in [0, 0.1) is 5.92 Å². The van der Waals surface area contributed by atoms with Crippen molar-refractivity contribution in [2.75, 3.05) is 20.8 Å². The van der Waals surface area contributed by atoms with Gasteiger partial charge in [0, 0.05) is 19.6 Å². The maximum Gasteiger partial charge on any atom is 0.323 e. The van der Waals surface area contributed by atoms with Crippen LogP contribution in [-0.4, -0.2) is 45.0 Å². The van der Waals surface area contributed by atoms with Gasteiger partial charge in [-0.1, -0.05) is 30.3 Å². The zero-order valence-electron chi connectivity index (χ0n) is 18.2. The van der Waals surface area contributed by atoms with Crippen molar-refractivity contribution in [3.05, 3.63) is 60.2 Å². The minimum absolute atomic E-state index is 0.0504. The highest BCUT2D eigenvalue weighted by molar-refractivity contribution is 5.75. The molecule has 0 aliphatic rings. The number of ether oxygens (including phenoxy) is 4. The molecule has 2 rings (SSSR count). The molecule has 0 aromatic heterocycles. The second-order valence-electron chi connectivity index (χ2n) is 7.42. The van der Waals surface area contributed by atoms with Gasteiger partial charge in [-0.15, -0.1) is 0 Å². The fraction of sp³-hybridized carbons (Fsp3) is 0.458. The normalized spacial score (nSPS) is 15.0. The molecule has 0 saturated carbocycles. The SMILES string of the molecule is COCC[C@H](Cc1ccc(OC)cc1)[C@@H](Oc1ccccc1)[C@H](C)OC(=O)[C@H](C)N. The number of nitrogens with two attached hydrogens (primary N) is 1. The summed E-state index contributed by atoms with van der Waals surface area (Å²) in [5, 5.41) is 0. The molecule has 6 heteroatoms. The molecule has 2 N–H and O–H groups in total. The van der Waals surface area contributed by atoms with Crippen molar-refractivity contribution >= 4 is 5.97 Å². The number of methoxy groups -OCH3 is 2. The summed E-state index contributed by atoms with van der Waals surface area (Å²) < 4.78 is 22.6. The molecule has 164 valence electrons. The molecular weight excluding hydrogens is 382 g/mol. The largest absolute Gasteiger partial charge is 0.497 e. The van der Waals surface area contributed by atoms with Crippen LogP contribution in [0.3, 0.4) is 0 Å². The summed E-state index contributed by atoms with van der Waals surface area (Å²) in [5.41, 5.74) is 6.84. The van der Waals surface area contributed by atoms with Crippen molar-refractivity contribution < 1.29 is 23.7 Å². The van der Waals surface area contributed by atoms with Crippen molar-refractivity contribution in [3.8, 4) is 11.5 Å². The van der Waals surface area contributed by atoms with Crippen molar-refractivity contribution in [1.29, 1.82) is 0 Å². The molecule has 0 bridgehead atoms. The highest BCUT2D eigenvalue weighted by atomic mass is 16.6. The monoisotopic (exact) mass is 415 g/mol. The van der Waals surface area contributed by atoms with Crippen LogP contribution in [0.5, 0.6) is 11.5 Å². The summed E-state index contributed by atoms with van der Waals surface area (Å²) in [4.78, 5) is 12.1. The molecule has 30 heavy (non-hydrogen) atoms. The van der Waals surface area contributed by atoms with Crippen molar-refractivity contribution in [1.82, 2.24) is 0 Å². The van der Waals surface area contributed by atoms with Gasteiger partial charge in [-0.3, -0.25) is 4.79 Å². The second kappa shape index (κ2) is 12.2. The fourth-order valence-electron chi connectivity index (χ4n) is 3.31. The van der Waals surface area contributed by atoms with E-state index in [4.69, 9.17) is 24.7 Å². The summed E-state index contributed by atoms with van der Waals surface area (Å²) in [7, 11) is 3.33. The lowest BCUT2D eigenvalue weighted by molar-refractivity contribution is -0.155. The zero-order chi connectivity index (χ0) is 21.9. The topological polar surface area (TPSA) is 80.0 Å². The van der Waals surface area contributed by atoms with Gasteiger partial charge >= 0.3 is 5.97 Å². The van der Waals surface area contributed by atoms with Gasteiger partial charge in [-0.2, -0.15) is 0 Å². The molecule has 2 aromatic rings. The van der Waals surface area contributed by atoms with Crippen LogP contribution in [0.2, 0.25) is 0 Å². The zero-order valence-corrected chi connectivity index (χ0v) is 18.2. The molecule has 6 nitrogen and oxygen atoms in total. The van der Waals surface area contributed by atoms with Crippen LogP contribution in [-0.2, 0) is 20.7 Å². The van der Waals surface area contributed by atoms with Gasteiger partial charge in [0.15, 0.2) is 0 Å². The second-order valence-corrected chi connectivity index (χ2v) is 7.42. The van der Waals surface area contributed by atoms with E-state index in [1.807, 2.05) is 61.5 Å². The summed E-state index contributed by atoms with van der Waals surface area (Å²) in [6.45, 7) is 4.03. The van der Waals surface area contributed by atoms with Crippen LogP contribution in [0.15, 0.2) is 54.6 Å². The van der Waals surface area contributed by atoms with Gasteiger partial charge in [0.05, 0.1) is 7.11 Å². The van der Waals surface area contributed by atoms with E-state index in [9.17, 15) is 4.79 Å². The van der Waals surface area contributed by atoms with Crippen molar-refractivity contribution in [2.24, 2.45) is 11.7 Å². The average Bonchev–Trinajstić information content (AvgIpc) is 2.76. The molecule has 0 aliphatic carbocycles. The fourth-order valence-corrected chi connectivity index (χ4v) is 3.31. The van der Waals surface area contributed by atoms with Gasteiger partial charge < -0.3 is 24.7 Å². The first kappa shape index (κ1) is 23.7. The first-order valence-electron chi connectivity index (χ1n) is 10.2. The van der Waals surface area contributed by atoms with Crippen LogP contribution >= 0.6 is 0 Å². The minimum atomic E-state index is -0.691. The van der Waals surface area contributed by atoms with Crippen LogP contribution in [0.25, 0.3) is 0 Å². The third kappa shape index (κ3) is 7.35. The lowest BCUT2D eigenvalue weighted by Crippen LogP contribution is -2.43. The van der Waals surface area contributed by atoms with Gasteiger partial charge in [0.1, 0.15) is 29.7 Å². The molecule has 0 aliphatic heterocycles. The van der Waals surface area contributed by atoms with Crippen molar-refractivity contribution in [3.63, 3.8) is 0 Å². The van der Waals surface area contributed by atoms with Crippen molar-refractivity contribution in [2.45, 2.75) is 44.9 Å². The van der Waals surface area contributed by atoms with Gasteiger partial charge in [-0.05, 0) is 56.5 Å². The first-order chi connectivity index (χ1) is 14.4. The number of esters is 1. The maximum atomic E-state index is 12.1. The predicted octanol–water partition coefficient (Wildman–Crippen LogP) is 3.62. The van der Waals surface area contributed by atoms with E-state index >= 15 is 0 Å². The highest BCUT2D eigenvalue weighted by Gasteiger charge is 2.32. The molecule has 0 radical (unpaired) electrons. The number of benzene rings is 2. The Bertz CT molecular complexity index is 748. The summed E-state index contributed by atoms with van der Waals surface area (Å²) in [5.74, 6) is 1.14. The quantitative estimate of drug-likeness (QED) is 0.534. The van der Waals surface area contributed by atoms with E-state index in [0.717, 1.165) is 29.9 Å². The molecule has 4 atom stereocenters. The van der Waals surface area contributed by atoms with E-state index < -0.39 is 18.1 Å². The van der Waals surface area contributed by atoms with Crippen LogP contribution in [0.4, 0.5) is 0 Å². The molecular formula is C24H33NO5. The van der Waals surface area contributed by atoms with Gasteiger partial charge in [0.25, 0.3) is 0 Å². The van der Waals surface area contributed by atoms with E-state index in [1.165, 1.54) is 0 Å². The smallest absolute Gasteiger partial charge is 0.323 e. The summed E-state index contributed by atoms with van der Waals surface area (Å²) in [6, 6.07) is 16.8. The Morgan fingerprint density at radius 3 is 2.20 bits per heavy atom.